The first-order valence-electron chi connectivity index (χ1n) is 5.49. The Labute approximate surface area is 109 Å². The summed E-state index contributed by atoms with van der Waals surface area (Å²) in [5.41, 5.74) is 4.40. The van der Waals surface area contributed by atoms with Crippen LogP contribution in [0.1, 0.15) is 22.6 Å². The number of rotatable bonds is 3. The van der Waals surface area contributed by atoms with Crippen LogP contribution in [0.4, 0.5) is 5.69 Å². The van der Waals surface area contributed by atoms with Crippen LogP contribution in [0, 0.1) is 20.8 Å². The number of hydrogen-bond donors (Lipinski definition) is 1. The van der Waals surface area contributed by atoms with Gasteiger partial charge in [-0.05, 0) is 44.5 Å². The second kappa shape index (κ2) is 4.92. The Morgan fingerprint density at radius 1 is 1.29 bits per heavy atom. The molecule has 0 fully saturated rings. The predicted molar refractivity (Wildman–Crippen MR) is 72.2 cm³/mol. The van der Waals surface area contributed by atoms with E-state index in [1.807, 2.05) is 19.9 Å². The predicted octanol–water partition coefficient (Wildman–Crippen LogP) is 3.97. The Balaban J connectivity index is 2.10. The molecule has 1 aromatic carbocycles. The molecule has 0 amide bonds. The van der Waals surface area contributed by atoms with Gasteiger partial charge in [0.1, 0.15) is 5.76 Å². The Morgan fingerprint density at radius 2 is 2.06 bits per heavy atom. The first-order chi connectivity index (χ1) is 8.08. The Kier molecular flexibility index (Phi) is 3.52. The fourth-order valence-corrected chi connectivity index (χ4v) is 1.95. The van der Waals surface area contributed by atoms with Crippen LogP contribution in [0.3, 0.4) is 0 Å². The first kappa shape index (κ1) is 12.2. The molecule has 3 nitrogen and oxygen atoms in total. The largest absolute Gasteiger partial charge is 0.381 e. The van der Waals surface area contributed by atoms with Gasteiger partial charge in [-0.2, -0.15) is 0 Å². The fourth-order valence-electron chi connectivity index (χ4n) is 1.70. The van der Waals surface area contributed by atoms with Gasteiger partial charge >= 0.3 is 0 Å². The molecule has 0 bridgehead atoms. The van der Waals surface area contributed by atoms with Gasteiger partial charge in [0.25, 0.3) is 0 Å². The van der Waals surface area contributed by atoms with Gasteiger partial charge in [-0.15, -0.1) is 0 Å². The monoisotopic (exact) mass is 294 g/mol. The van der Waals surface area contributed by atoms with Crippen molar-refractivity contribution in [2.45, 2.75) is 27.3 Å². The second-order valence-corrected chi connectivity index (χ2v) is 4.97. The maximum absolute atomic E-state index is 5.13. The molecule has 0 aliphatic rings. The van der Waals surface area contributed by atoms with E-state index in [9.17, 15) is 0 Å². The quantitative estimate of drug-likeness (QED) is 0.931. The highest BCUT2D eigenvalue weighted by Crippen LogP contribution is 2.21. The number of benzene rings is 1. The lowest BCUT2D eigenvalue weighted by atomic mass is 10.2. The third-order valence-electron chi connectivity index (χ3n) is 2.81. The summed E-state index contributed by atoms with van der Waals surface area (Å²) in [4.78, 5) is 0. The molecule has 0 aliphatic heterocycles. The minimum Gasteiger partial charge on any atom is -0.381 e. The summed E-state index contributed by atoms with van der Waals surface area (Å²) in [7, 11) is 0. The third-order valence-corrected chi connectivity index (χ3v) is 3.70. The summed E-state index contributed by atoms with van der Waals surface area (Å²) in [6.45, 7) is 6.71. The maximum atomic E-state index is 5.13. The van der Waals surface area contributed by atoms with Crippen molar-refractivity contribution in [2.24, 2.45) is 0 Å². The molecular formula is C13H15BrN2O. The van der Waals surface area contributed by atoms with E-state index >= 15 is 0 Å². The number of nitrogens with one attached hydrogen (secondary N) is 1. The highest BCUT2D eigenvalue weighted by Gasteiger charge is 2.08. The van der Waals surface area contributed by atoms with Gasteiger partial charge in [0, 0.05) is 22.3 Å². The van der Waals surface area contributed by atoms with Gasteiger partial charge in [-0.1, -0.05) is 21.1 Å². The lowest BCUT2D eigenvalue weighted by molar-refractivity contribution is 0.392. The van der Waals surface area contributed by atoms with Crippen LogP contribution in [0.15, 0.2) is 27.2 Å². The van der Waals surface area contributed by atoms with E-state index in [0.29, 0.717) is 0 Å². The number of anilines is 1. The molecule has 90 valence electrons. The molecule has 0 unspecified atom stereocenters. The zero-order valence-electron chi connectivity index (χ0n) is 10.2. The number of nitrogens with zero attached hydrogens (tertiary/aromatic N) is 1. The van der Waals surface area contributed by atoms with E-state index in [1.54, 1.807) is 0 Å². The zero-order valence-corrected chi connectivity index (χ0v) is 11.8. The third kappa shape index (κ3) is 2.69. The molecule has 1 aromatic heterocycles. The summed E-state index contributed by atoms with van der Waals surface area (Å²) in [5.74, 6) is 0.879. The topological polar surface area (TPSA) is 38.1 Å². The van der Waals surface area contributed by atoms with E-state index in [0.717, 1.165) is 33.7 Å². The Bertz CT molecular complexity index is 515. The van der Waals surface area contributed by atoms with Gasteiger partial charge in [0.05, 0.1) is 5.69 Å². The lowest BCUT2D eigenvalue weighted by Crippen LogP contribution is -2.01. The van der Waals surface area contributed by atoms with E-state index < -0.39 is 0 Å². The highest BCUT2D eigenvalue weighted by atomic mass is 79.9. The molecular weight excluding hydrogens is 280 g/mol. The van der Waals surface area contributed by atoms with Gasteiger partial charge in [0.2, 0.25) is 0 Å². The molecule has 0 atom stereocenters. The number of aryl methyl sites for hydroxylation is 3. The van der Waals surface area contributed by atoms with Crippen molar-refractivity contribution in [2.75, 3.05) is 5.32 Å². The molecule has 0 spiro atoms. The van der Waals surface area contributed by atoms with Crippen molar-refractivity contribution >= 4 is 21.6 Å². The number of aromatic nitrogens is 1. The van der Waals surface area contributed by atoms with Crippen LogP contribution in [0.25, 0.3) is 0 Å². The van der Waals surface area contributed by atoms with Crippen LogP contribution in [-0.4, -0.2) is 5.16 Å². The van der Waals surface area contributed by atoms with E-state index in [-0.39, 0.29) is 0 Å². The van der Waals surface area contributed by atoms with Gasteiger partial charge in [0.15, 0.2) is 0 Å². The lowest BCUT2D eigenvalue weighted by Gasteiger charge is -2.07. The van der Waals surface area contributed by atoms with Crippen molar-refractivity contribution in [1.82, 2.24) is 5.16 Å². The normalized spacial score (nSPS) is 10.6. The summed E-state index contributed by atoms with van der Waals surface area (Å²) < 4.78 is 6.25. The number of halogens is 1. The van der Waals surface area contributed by atoms with Gasteiger partial charge in [-0.25, -0.2) is 0 Å². The Hall–Kier alpha value is -1.29. The molecule has 0 saturated carbocycles. The van der Waals surface area contributed by atoms with Crippen LogP contribution in [0.5, 0.6) is 0 Å². The molecule has 17 heavy (non-hydrogen) atoms. The minimum absolute atomic E-state index is 0.738. The summed E-state index contributed by atoms with van der Waals surface area (Å²) in [5, 5.41) is 7.31. The summed E-state index contributed by atoms with van der Waals surface area (Å²) in [6, 6.07) is 6.21. The van der Waals surface area contributed by atoms with Gasteiger partial charge in [-0.3, -0.25) is 0 Å². The van der Waals surface area contributed by atoms with E-state index in [4.69, 9.17) is 4.52 Å². The van der Waals surface area contributed by atoms with Crippen molar-refractivity contribution in [3.63, 3.8) is 0 Å². The molecule has 2 rings (SSSR count). The molecule has 2 aromatic rings. The molecule has 0 aliphatic carbocycles. The molecule has 0 saturated heterocycles. The zero-order chi connectivity index (χ0) is 12.4. The second-order valence-electron chi connectivity index (χ2n) is 4.12. The number of hydrogen-bond acceptors (Lipinski definition) is 3. The first-order valence-corrected chi connectivity index (χ1v) is 6.29. The molecule has 1 N–H and O–H groups in total. The van der Waals surface area contributed by atoms with Gasteiger partial charge < -0.3 is 9.84 Å². The highest BCUT2D eigenvalue weighted by molar-refractivity contribution is 9.10. The van der Waals surface area contributed by atoms with Crippen molar-refractivity contribution < 1.29 is 4.52 Å². The van der Waals surface area contributed by atoms with Crippen LogP contribution < -0.4 is 5.32 Å². The van der Waals surface area contributed by atoms with Crippen LogP contribution >= 0.6 is 15.9 Å². The van der Waals surface area contributed by atoms with Crippen molar-refractivity contribution in [3.8, 4) is 0 Å². The fraction of sp³-hybridized carbons (Fsp3) is 0.308. The van der Waals surface area contributed by atoms with Crippen molar-refractivity contribution in [3.05, 3.63) is 45.3 Å². The van der Waals surface area contributed by atoms with E-state index in [2.05, 4.69) is 45.5 Å². The van der Waals surface area contributed by atoms with E-state index in [1.165, 1.54) is 5.56 Å². The minimum atomic E-state index is 0.738. The Morgan fingerprint density at radius 3 is 2.65 bits per heavy atom. The smallest absolute Gasteiger partial charge is 0.138 e. The summed E-state index contributed by atoms with van der Waals surface area (Å²) >= 11 is 3.49. The summed E-state index contributed by atoms with van der Waals surface area (Å²) in [6.07, 6.45) is 0. The SMILES string of the molecule is Cc1cc(NCc2c(C)noc2C)ccc1Br. The molecule has 4 heteroatoms. The molecule has 0 radical (unpaired) electrons. The van der Waals surface area contributed by atoms with Crippen LogP contribution in [-0.2, 0) is 6.54 Å². The van der Waals surface area contributed by atoms with Crippen molar-refractivity contribution in [1.29, 1.82) is 0 Å². The molecule has 1 heterocycles. The average Bonchev–Trinajstić information content (AvgIpc) is 2.61. The average molecular weight is 295 g/mol. The maximum Gasteiger partial charge on any atom is 0.138 e. The standard InChI is InChI=1S/C13H15BrN2O/c1-8-6-11(4-5-13(8)14)15-7-12-9(2)16-17-10(12)3/h4-6,15H,7H2,1-3H3. The van der Waals surface area contributed by atoms with Crippen LogP contribution in [0.2, 0.25) is 0 Å².